The summed E-state index contributed by atoms with van der Waals surface area (Å²) in [7, 11) is -1.86. The van der Waals surface area contributed by atoms with Gasteiger partial charge in [0.05, 0.1) is 0 Å². The molecule has 0 aliphatic rings. The fourth-order valence-electron chi connectivity index (χ4n) is 0.210. The van der Waals surface area contributed by atoms with Gasteiger partial charge in [-0.3, -0.25) is 0 Å². The molecule has 0 amide bonds. The summed E-state index contributed by atoms with van der Waals surface area (Å²) < 4.78 is 0. The third-order valence-corrected chi connectivity index (χ3v) is 0.938. The standard InChI is InChI=1S/C4H6NO3P/c5-9(8)3-1-2-4(6)7/h1-3H,5H2,(H,6,7). The first kappa shape index (κ1) is 8.30. The van der Waals surface area contributed by atoms with Gasteiger partial charge in [-0.15, -0.1) is 0 Å². The Labute approximate surface area is 53.1 Å². The van der Waals surface area contributed by atoms with Crippen molar-refractivity contribution in [2.45, 2.75) is 0 Å². The molecule has 0 aromatic rings. The number of carboxylic acid groups (broad SMARTS) is 1. The number of nitrogens with two attached hydrogens (primary N) is 1. The Balaban J connectivity index is 3.74. The van der Waals surface area contributed by atoms with Gasteiger partial charge in [-0.05, 0) is 6.08 Å². The summed E-state index contributed by atoms with van der Waals surface area (Å²) in [6, 6.07) is 0. The van der Waals surface area contributed by atoms with Crippen molar-refractivity contribution < 1.29 is 14.8 Å². The smallest absolute Gasteiger partial charge is 0.328 e. The molecular weight excluding hydrogens is 141 g/mol. The Morgan fingerprint density at radius 2 is 2.33 bits per heavy atom. The van der Waals surface area contributed by atoms with E-state index in [9.17, 15) is 9.69 Å². The van der Waals surface area contributed by atoms with Crippen LogP contribution in [0.2, 0.25) is 0 Å². The largest absolute Gasteiger partial charge is 0.614 e. The normalized spacial score (nSPS) is 12.4. The molecule has 50 valence electrons. The van der Waals surface area contributed by atoms with Crippen LogP contribution in [0.25, 0.3) is 0 Å². The summed E-state index contributed by atoms with van der Waals surface area (Å²) in [5, 5.41) is 7.98. The molecule has 0 spiro atoms. The maximum atomic E-state index is 10.1. The van der Waals surface area contributed by atoms with Crippen molar-refractivity contribution in [2.75, 3.05) is 0 Å². The van der Waals surface area contributed by atoms with Gasteiger partial charge in [0.15, 0.2) is 0 Å². The molecule has 0 bridgehead atoms. The lowest BCUT2D eigenvalue weighted by Gasteiger charge is -1.79. The van der Waals surface area contributed by atoms with E-state index in [1.165, 1.54) is 0 Å². The Bertz CT molecular complexity index is 159. The maximum Gasteiger partial charge on any atom is 0.328 e. The van der Waals surface area contributed by atoms with Crippen LogP contribution in [0.5, 0.6) is 0 Å². The topological polar surface area (TPSA) is 86.4 Å². The Morgan fingerprint density at radius 1 is 1.78 bits per heavy atom. The highest BCUT2D eigenvalue weighted by atomic mass is 31.1. The highest BCUT2D eigenvalue weighted by Gasteiger charge is 1.83. The second kappa shape index (κ2) is 4.21. The average molecular weight is 147 g/mol. The zero-order valence-corrected chi connectivity index (χ0v) is 5.41. The van der Waals surface area contributed by atoms with Crippen LogP contribution in [0.15, 0.2) is 12.2 Å². The Hall–Kier alpha value is -0.700. The minimum absolute atomic E-state index is 0.861. The number of carboxylic acids is 1. The van der Waals surface area contributed by atoms with Crippen molar-refractivity contribution in [1.29, 1.82) is 0 Å². The van der Waals surface area contributed by atoms with E-state index in [4.69, 9.17) is 10.6 Å². The molecule has 4 nitrogen and oxygen atoms in total. The molecule has 0 aromatic heterocycles. The molecule has 0 fully saturated rings. The molecule has 3 N–H and O–H groups in total. The summed E-state index contributed by atoms with van der Waals surface area (Å²) in [6.45, 7) is 0. The first-order valence-corrected chi connectivity index (χ1v) is 3.48. The molecule has 0 heterocycles. The molecule has 1 unspecified atom stereocenters. The van der Waals surface area contributed by atoms with Gasteiger partial charge in [0, 0.05) is 6.08 Å². The van der Waals surface area contributed by atoms with Crippen molar-refractivity contribution >= 4 is 19.7 Å². The Morgan fingerprint density at radius 3 is 2.67 bits per heavy atom. The van der Waals surface area contributed by atoms with E-state index in [0.717, 1.165) is 17.9 Å². The van der Waals surface area contributed by atoms with Gasteiger partial charge in [0.2, 0.25) is 0 Å². The SMILES string of the molecule is N[P+]([O-])=CC=CC(=O)O. The lowest BCUT2D eigenvalue weighted by atomic mass is 10.5. The molecule has 5 heteroatoms. The number of allylic oxidation sites excluding steroid dienone is 1. The van der Waals surface area contributed by atoms with E-state index in [1.807, 2.05) is 0 Å². The van der Waals surface area contributed by atoms with E-state index in [2.05, 4.69) is 0 Å². The van der Waals surface area contributed by atoms with Gasteiger partial charge in [-0.25, -0.2) is 4.79 Å². The zero-order valence-electron chi connectivity index (χ0n) is 4.52. The third-order valence-electron chi connectivity index (χ3n) is 0.472. The van der Waals surface area contributed by atoms with Gasteiger partial charge < -0.3 is 10.00 Å². The summed E-state index contributed by atoms with van der Waals surface area (Å²) in [5.41, 5.74) is 4.79. The van der Waals surface area contributed by atoms with Crippen molar-refractivity contribution in [2.24, 2.45) is 5.50 Å². The molecule has 0 aliphatic heterocycles. The van der Waals surface area contributed by atoms with E-state index in [0.29, 0.717) is 0 Å². The molecule has 0 saturated carbocycles. The van der Waals surface area contributed by atoms with E-state index in [1.54, 1.807) is 0 Å². The molecule has 0 aliphatic carbocycles. The van der Waals surface area contributed by atoms with Crippen LogP contribution in [0.3, 0.4) is 0 Å². The zero-order chi connectivity index (χ0) is 7.28. The first-order valence-electron chi connectivity index (χ1n) is 2.08. The van der Waals surface area contributed by atoms with Crippen LogP contribution >= 0.6 is 7.92 Å². The van der Waals surface area contributed by atoms with Crippen molar-refractivity contribution in [3.05, 3.63) is 12.2 Å². The lowest BCUT2D eigenvalue weighted by molar-refractivity contribution is -0.152. The minimum atomic E-state index is -1.86. The Kier molecular flexibility index (Phi) is 3.88. The lowest BCUT2D eigenvalue weighted by Crippen LogP contribution is -1.96. The van der Waals surface area contributed by atoms with Gasteiger partial charge >= 0.3 is 5.97 Å². The van der Waals surface area contributed by atoms with Gasteiger partial charge in [-0.1, -0.05) is 0 Å². The highest BCUT2D eigenvalue weighted by Crippen LogP contribution is 1.89. The van der Waals surface area contributed by atoms with E-state index < -0.39 is 13.9 Å². The number of hydrogen-bond donors (Lipinski definition) is 2. The molecule has 0 saturated heterocycles. The molecule has 0 aromatic carbocycles. The molecule has 1 atom stereocenters. The molecule has 9 heavy (non-hydrogen) atoms. The number of aliphatic carboxylic acids is 1. The predicted molar refractivity (Wildman–Crippen MR) is 33.9 cm³/mol. The second-order valence-corrected chi connectivity index (χ2v) is 2.22. The van der Waals surface area contributed by atoms with Crippen molar-refractivity contribution in [3.63, 3.8) is 0 Å². The monoisotopic (exact) mass is 147 g/mol. The maximum absolute atomic E-state index is 10.1. The fourth-order valence-corrected chi connectivity index (χ4v) is 0.466. The van der Waals surface area contributed by atoms with E-state index >= 15 is 0 Å². The predicted octanol–water partition coefficient (Wildman–Crippen LogP) is -0.940. The second-order valence-electron chi connectivity index (χ2n) is 1.21. The van der Waals surface area contributed by atoms with E-state index in [-0.39, 0.29) is 0 Å². The van der Waals surface area contributed by atoms with Crippen LogP contribution in [-0.2, 0) is 4.79 Å². The number of hydrogen-bond acceptors (Lipinski definition) is 3. The van der Waals surface area contributed by atoms with Crippen LogP contribution in [0.1, 0.15) is 0 Å². The summed E-state index contributed by atoms with van der Waals surface area (Å²) in [4.78, 5) is 19.8. The van der Waals surface area contributed by atoms with Gasteiger partial charge in [-0.2, -0.15) is 5.50 Å². The summed E-state index contributed by atoms with van der Waals surface area (Å²) in [6.07, 6.45) is 2.00. The van der Waals surface area contributed by atoms with Crippen LogP contribution in [-0.4, -0.2) is 16.9 Å². The van der Waals surface area contributed by atoms with Crippen molar-refractivity contribution in [3.8, 4) is 0 Å². The van der Waals surface area contributed by atoms with Gasteiger partial charge in [0.1, 0.15) is 13.7 Å². The summed E-state index contributed by atoms with van der Waals surface area (Å²) in [5.74, 6) is 0.0341. The summed E-state index contributed by atoms with van der Waals surface area (Å²) >= 11 is 0. The van der Waals surface area contributed by atoms with Crippen molar-refractivity contribution in [1.82, 2.24) is 0 Å². The fraction of sp³-hybridized carbons (Fsp3) is 0. The molecule has 0 rings (SSSR count). The molecular formula is C4H6NO3P. The minimum Gasteiger partial charge on any atom is -0.614 e. The average Bonchev–Trinajstić information content (AvgIpc) is 1.63. The number of carbonyl (C=O) groups is 1. The molecule has 0 radical (unpaired) electrons. The number of rotatable bonds is 2. The quantitative estimate of drug-likeness (QED) is 0.390. The van der Waals surface area contributed by atoms with Gasteiger partial charge in [0.25, 0.3) is 0 Å². The first-order chi connectivity index (χ1) is 4.13. The van der Waals surface area contributed by atoms with Crippen LogP contribution in [0, 0.1) is 0 Å². The van der Waals surface area contributed by atoms with Crippen LogP contribution < -0.4 is 10.4 Å². The third kappa shape index (κ3) is 7.30. The highest BCUT2D eigenvalue weighted by molar-refractivity contribution is 7.47. The van der Waals surface area contributed by atoms with Crippen LogP contribution in [0.4, 0.5) is 0 Å².